The van der Waals surface area contributed by atoms with Gasteiger partial charge >= 0.3 is 5.63 Å². The number of amides is 1. The van der Waals surface area contributed by atoms with Crippen LogP contribution in [0.25, 0.3) is 21.9 Å². The fourth-order valence-corrected chi connectivity index (χ4v) is 4.72. The molecule has 8 heteroatoms. The van der Waals surface area contributed by atoms with Gasteiger partial charge in [-0.05, 0) is 43.3 Å². The number of nitrogens with one attached hydrogen (secondary N) is 1. The van der Waals surface area contributed by atoms with E-state index in [1.807, 2.05) is 30.3 Å². The summed E-state index contributed by atoms with van der Waals surface area (Å²) in [5.74, 6) is -0.399. The molecule has 1 amide bonds. The number of halogens is 1. The fraction of sp³-hybridized carbons (Fsp3) is 0.308. The smallest absolute Gasteiger partial charge is 0.345 e. The third kappa shape index (κ3) is 4.17. The van der Waals surface area contributed by atoms with Crippen molar-refractivity contribution in [3.8, 4) is 0 Å². The SMILES string of the molecule is Cn1c(C(=O)NCCCN2CCN(c3ccccc3F)CC2)cc2c(=O)oc3ccccc3c21. The Morgan fingerprint density at radius 2 is 1.76 bits per heavy atom. The van der Waals surface area contributed by atoms with Crippen molar-refractivity contribution in [2.45, 2.75) is 6.42 Å². The number of carbonyl (C=O) groups excluding carboxylic acids is 1. The van der Waals surface area contributed by atoms with Gasteiger partial charge < -0.3 is 19.2 Å². The van der Waals surface area contributed by atoms with Crippen LogP contribution in [-0.2, 0) is 7.05 Å². The molecule has 0 aliphatic carbocycles. The number of para-hydroxylation sites is 2. The van der Waals surface area contributed by atoms with Crippen molar-refractivity contribution in [1.82, 2.24) is 14.8 Å². The lowest BCUT2D eigenvalue weighted by Gasteiger charge is -2.36. The van der Waals surface area contributed by atoms with E-state index in [0.29, 0.717) is 34.4 Å². The lowest BCUT2D eigenvalue weighted by atomic mass is 10.2. The van der Waals surface area contributed by atoms with Crippen molar-refractivity contribution in [1.29, 1.82) is 0 Å². The molecule has 1 aliphatic heterocycles. The van der Waals surface area contributed by atoms with Gasteiger partial charge in [0, 0.05) is 45.2 Å². The summed E-state index contributed by atoms with van der Waals surface area (Å²) in [6.45, 7) is 4.65. The molecule has 3 heterocycles. The number of anilines is 1. The van der Waals surface area contributed by atoms with E-state index in [9.17, 15) is 14.0 Å². The molecule has 176 valence electrons. The van der Waals surface area contributed by atoms with E-state index >= 15 is 0 Å². The number of hydrogen-bond acceptors (Lipinski definition) is 5. The minimum Gasteiger partial charge on any atom is -0.422 e. The van der Waals surface area contributed by atoms with E-state index in [4.69, 9.17) is 4.42 Å². The molecular formula is C26H27FN4O3. The number of rotatable bonds is 6. The van der Waals surface area contributed by atoms with Gasteiger partial charge in [-0.3, -0.25) is 9.69 Å². The normalized spacial score (nSPS) is 14.7. The molecule has 4 aromatic rings. The average molecular weight is 463 g/mol. The summed E-state index contributed by atoms with van der Waals surface area (Å²) in [5, 5.41) is 4.17. The Hall–Kier alpha value is -3.65. The van der Waals surface area contributed by atoms with Crippen molar-refractivity contribution in [2.24, 2.45) is 7.05 Å². The summed E-state index contributed by atoms with van der Waals surface area (Å²) >= 11 is 0. The average Bonchev–Trinajstić information content (AvgIpc) is 3.21. The third-order valence-electron chi connectivity index (χ3n) is 6.53. The second-order valence-electron chi connectivity index (χ2n) is 8.63. The van der Waals surface area contributed by atoms with E-state index in [1.165, 1.54) is 6.07 Å². The monoisotopic (exact) mass is 462 g/mol. The molecule has 2 aromatic heterocycles. The van der Waals surface area contributed by atoms with Crippen molar-refractivity contribution in [3.63, 3.8) is 0 Å². The number of carbonyl (C=O) groups is 1. The molecule has 1 aliphatic rings. The first-order valence-electron chi connectivity index (χ1n) is 11.5. The molecule has 0 unspecified atom stereocenters. The zero-order chi connectivity index (χ0) is 23.7. The number of fused-ring (bicyclic) bond motifs is 3. The van der Waals surface area contributed by atoms with Crippen LogP contribution >= 0.6 is 0 Å². The van der Waals surface area contributed by atoms with Gasteiger partial charge in [-0.2, -0.15) is 0 Å². The molecule has 2 aromatic carbocycles. The van der Waals surface area contributed by atoms with Gasteiger partial charge in [0.05, 0.1) is 16.6 Å². The molecule has 0 bridgehead atoms. The second-order valence-corrected chi connectivity index (χ2v) is 8.63. The molecule has 5 rings (SSSR count). The Bertz CT molecular complexity index is 1400. The minimum atomic E-state index is -0.446. The van der Waals surface area contributed by atoms with E-state index in [-0.39, 0.29) is 11.7 Å². The van der Waals surface area contributed by atoms with E-state index in [0.717, 1.165) is 44.5 Å². The van der Waals surface area contributed by atoms with Crippen LogP contribution in [0.3, 0.4) is 0 Å². The zero-order valence-electron chi connectivity index (χ0n) is 19.1. The third-order valence-corrected chi connectivity index (χ3v) is 6.53. The summed E-state index contributed by atoms with van der Waals surface area (Å²) in [7, 11) is 1.79. The van der Waals surface area contributed by atoms with Crippen LogP contribution in [0.15, 0.2) is 63.8 Å². The Labute approximate surface area is 196 Å². The Morgan fingerprint density at radius 3 is 2.56 bits per heavy atom. The number of aromatic nitrogens is 1. The summed E-state index contributed by atoms with van der Waals surface area (Å²) < 4.78 is 21.2. The first-order valence-corrected chi connectivity index (χ1v) is 11.5. The van der Waals surface area contributed by atoms with Gasteiger partial charge in [0.25, 0.3) is 5.91 Å². The maximum Gasteiger partial charge on any atom is 0.345 e. The molecule has 34 heavy (non-hydrogen) atoms. The van der Waals surface area contributed by atoms with Crippen molar-refractivity contribution < 1.29 is 13.6 Å². The van der Waals surface area contributed by atoms with Crippen molar-refractivity contribution in [2.75, 3.05) is 44.2 Å². The predicted octanol–water partition coefficient (Wildman–Crippen LogP) is 3.37. The van der Waals surface area contributed by atoms with Crippen LogP contribution in [0.1, 0.15) is 16.9 Å². The Morgan fingerprint density at radius 1 is 1.03 bits per heavy atom. The van der Waals surface area contributed by atoms with Crippen LogP contribution in [0.5, 0.6) is 0 Å². The molecular weight excluding hydrogens is 435 g/mol. The second kappa shape index (κ2) is 9.30. The van der Waals surface area contributed by atoms with E-state index in [2.05, 4.69) is 15.1 Å². The van der Waals surface area contributed by atoms with Gasteiger partial charge in [0.2, 0.25) is 0 Å². The molecule has 0 spiro atoms. The molecule has 1 N–H and O–H groups in total. The highest BCUT2D eigenvalue weighted by Gasteiger charge is 2.20. The Kier molecular flexibility index (Phi) is 6.06. The summed E-state index contributed by atoms with van der Waals surface area (Å²) in [4.78, 5) is 29.7. The van der Waals surface area contributed by atoms with Crippen molar-refractivity contribution in [3.05, 3.63) is 76.5 Å². The minimum absolute atomic E-state index is 0.183. The van der Waals surface area contributed by atoms with Crippen LogP contribution in [0.2, 0.25) is 0 Å². The van der Waals surface area contributed by atoms with Gasteiger partial charge in [-0.25, -0.2) is 9.18 Å². The highest BCUT2D eigenvalue weighted by Crippen LogP contribution is 2.25. The summed E-state index contributed by atoms with van der Waals surface area (Å²) in [6, 6.07) is 15.8. The van der Waals surface area contributed by atoms with Crippen LogP contribution in [0, 0.1) is 5.82 Å². The van der Waals surface area contributed by atoms with Gasteiger partial charge in [0.1, 0.15) is 17.1 Å². The van der Waals surface area contributed by atoms with E-state index in [1.54, 1.807) is 29.8 Å². The summed E-state index contributed by atoms with van der Waals surface area (Å²) in [6.07, 6.45) is 0.806. The molecule has 0 saturated carbocycles. The van der Waals surface area contributed by atoms with Crippen LogP contribution < -0.4 is 15.8 Å². The largest absolute Gasteiger partial charge is 0.422 e. The van der Waals surface area contributed by atoms with Gasteiger partial charge in [-0.1, -0.05) is 24.3 Å². The van der Waals surface area contributed by atoms with Crippen LogP contribution in [0.4, 0.5) is 10.1 Å². The summed E-state index contributed by atoms with van der Waals surface area (Å²) in [5.41, 5.74) is 1.84. The number of benzene rings is 2. The highest BCUT2D eigenvalue weighted by molar-refractivity contribution is 6.07. The first-order chi connectivity index (χ1) is 16.5. The van der Waals surface area contributed by atoms with E-state index < -0.39 is 5.63 Å². The molecule has 0 radical (unpaired) electrons. The maximum absolute atomic E-state index is 14.0. The first kappa shape index (κ1) is 22.2. The number of nitrogens with zero attached hydrogens (tertiary/aromatic N) is 3. The Balaban J connectivity index is 1.16. The maximum atomic E-state index is 14.0. The number of aryl methyl sites for hydroxylation is 1. The quantitative estimate of drug-likeness (QED) is 0.352. The van der Waals surface area contributed by atoms with Gasteiger partial charge in [0.15, 0.2) is 0 Å². The molecule has 7 nitrogen and oxygen atoms in total. The predicted molar refractivity (Wildman–Crippen MR) is 131 cm³/mol. The fourth-order valence-electron chi connectivity index (χ4n) is 4.72. The number of hydrogen-bond donors (Lipinski definition) is 1. The number of piperazine rings is 1. The van der Waals surface area contributed by atoms with Gasteiger partial charge in [-0.15, -0.1) is 0 Å². The standard InChI is InChI=1S/C26H27FN4O3/c1-29-22(17-19-24(29)18-7-2-5-10-23(18)34-26(19)33)25(32)28-11-6-12-30-13-15-31(16-14-30)21-9-4-3-8-20(21)27/h2-5,7-10,17H,6,11-16H2,1H3,(H,28,32). The lowest BCUT2D eigenvalue weighted by Crippen LogP contribution is -2.47. The molecule has 1 fully saturated rings. The lowest BCUT2D eigenvalue weighted by molar-refractivity contribution is 0.0944. The zero-order valence-corrected chi connectivity index (χ0v) is 19.1. The van der Waals surface area contributed by atoms with Crippen LogP contribution in [-0.4, -0.2) is 54.6 Å². The highest BCUT2D eigenvalue weighted by atomic mass is 19.1. The topological polar surface area (TPSA) is 70.7 Å². The molecule has 1 saturated heterocycles. The van der Waals surface area contributed by atoms with Crippen molar-refractivity contribution >= 4 is 33.5 Å². The molecule has 0 atom stereocenters.